The van der Waals surface area contributed by atoms with Gasteiger partial charge in [-0.15, -0.1) is 0 Å². The molecule has 4 nitrogen and oxygen atoms in total. The Balaban J connectivity index is 2.07. The van der Waals surface area contributed by atoms with E-state index in [4.69, 9.17) is 16.3 Å². The number of carbonyl (C=O) groups excluding carboxylic acids is 1. The lowest BCUT2D eigenvalue weighted by Crippen LogP contribution is -2.05. The minimum absolute atomic E-state index is 0.385. The fourth-order valence-corrected chi connectivity index (χ4v) is 2.36. The van der Waals surface area contributed by atoms with Crippen LogP contribution in [0, 0.1) is 0 Å². The highest BCUT2D eigenvalue weighted by Crippen LogP contribution is 2.25. The lowest BCUT2D eigenvalue weighted by atomic mass is 10.1. The molecule has 3 rings (SSSR count). The van der Waals surface area contributed by atoms with E-state index in [-0.39, 0.29) is 0 Å². The zero-order chi connectivity index (χ0) is 16.2. The van der Waals surface area contributed by atoms with E-state index in [9.17, 15) is 4.79 Å². The van der Waals surface area contributed by atoms with E-state index in [2.05, 4.69) is 9.97 Å². The number of aromatic nitrogens is 2. The lowest BCUT2D eigenvalue weighted by Gasteiger charge is -2.08. The van der Waals surface area contributed by atoms with Crippen LogP contribution >= 0.6 is 11.6 Å². The Bertz CT molecular complexity index is 848. The lowest BCUT2D eigenvalue weighted by molar-refractivity contribution is 0.0601. The number of ether oxygens (including phenoxy) is 1. The number of pyridine rings is 2. The topological polar surface area (TPSA) is 52.1 Å². The maximum absolute atomic E-state index is 11.9. The fraction of sp³-hybridized carbons (Fsp3) is 0.0556. The fourth-order valence-electron chi connectivity index (χ4n) is 2.23. The van der Waals surface area contributed by atoms with E-state index >= 15 is 0 Å². The predicted molar refractivity (Wildman–Crippen MR) is 89.3 cm³/mol. The Morgan fingerprint density at radius 3 is 2.48 bits per heavy atom. The molecule has 0 fully saturated rings. The normalized spacial score (nSPS) is 10.3. The van der Waals surface area contributed by atoms with Crippen LogP contribution < -0.4 is 0 Å². The summed E-state index contributed by atoms with van der Waals surface area (Å²) in [6.07, 6.45) is 1.62. The summed E-state index contributed by atoms with van der Waals surface area (Å²) in [4.78, 5) is 20.8. The molecule has 0 aliphatic rings. The molecule has 0 N–H and O–H groups in total. The van der Waals surface area contributed by atoms with Gasteiger partial charge in [0.05, 0.1) is 24.1 Å². The molecule has 114 valence electrons. The second-order valence-corrected chi connectivity index (χ2v) is 5.24. The van der Waals surface area contributed by atoms with E-state index in [1.54, 1.807) is 18.3 Å². The number of carbonyl (C=O) groups is 1. The van der Waals surface area contributed by atoms with E-state index in [1.165, 1.54) is 7.11 Å². The number of halogens is 1. The van der Waals surface area contributed by atoms with Gasteiger partial charge in [0.1, 0.15) is 5.69 Å². The monoisotopic (exact) mass is 324 g/mol. The van der Waals surface area contributed by atoms with Crippen LogP contribution in [0.3, 0.4) is 0 Å². The third kappa shape index (κ3) is 3.22. The van der Waals surface area contributed by atoms with Gasteiger partial charge in [0.15, 0.2) is 0 Å². The van der Waals surface area contributed by atoms with Crippen LogP contribution in [0.1, 0.15) is 10.4 Å². The first kappa shape index (κ1) is 15.2. The van der Waals surface area contributed by atoms with Crippen molar-refractivity contribution < 1.29 is 9.53 Å². The smallest absolute Gasteiger partial charge is 0.340 e. The minimum Gasteiger partial charge on any atom is -0.465 e. The number of esters is 1. The van der Waals surface area contributed by atoms with Gasteiger partial charge >= 0.3 is 5.97 Å². The Morgan fingerprint density at radius 1 is 1.00 bits per heavy atom. The molecule has 0 aliphatic carbocycles. The summed E-state index contributed by atoms with van der Waals surface area (Å²) in [6.45, 7) is 0. The molecule has 2 aromatic heterocycles. The largest absolute Gasteiger partial charge is 0.465 e. The third-order valence-electron chi connectivity index (χ3n) is 3.34. The van der Waals surface area contributed by atoms with E-state index in [1.807, 2.05) is 42.5 Å². The predicted octanol–water partition coefficient (Wildman–Crippen LogP) is 4.25. The van der Waals surface area contributed by atoms with Crippen molar-refractivity contribution in [2.45, 2.75) is 0 Å². The molecule has 23 heavy (non-hydrogen) atoms. The number of hydrogen-bond acceptors (Lipinski definition) is 4. The Hall–Kier alpha value is -2.72. The molecule has 0 saturated heterocycles. The van der Waals surface area contributed by atoms with Gasteiger partial charge in [-0.05, 0) is 36.4 Å². The first-order chi connectivity index (χ1) is 11.2. The Labute approximate surface area is 138 Å². The molecule has 3 aromatic rings. The molecular formula is C18H13ClN2O2. The van der Waals surface area contributed by atoms with Crippen molar-refractivity contribution in [3.8, 4) is 22.6 Å². The van der Waals surface area contributed by atoms with Crippen molar-refractivity contribution in [3.05, 3.63) is 71.4 Å². The first-order valence-electron chi connectivity index (χ1n) is 6.96. The highest BCUT2D eigenvalue weighted by atomic mass is 35.5. The van der Waals surface area contributed by atoms with Crippen LogP contribution in [0.4, 0.5) is 0 Å². The van der Waals surface area contributed by atoms with Crippen LogP contribution in [0.5, 0.6) is 0 Å². The average molecular weight is 325 g/mol. The second-order valence-electron chi connectivity index (χ2n) is 4.81. The summed E-state index contributed by atoms with van der Waals surface area (Å²) in [7, 11) is 1.34. The molecular weight excluding hydrogens is 312 g/mol. The number of benzene rings is 1. The molecule has 1 aromatic carbocycles. The Kier molecular flexibility index (Phi) is 4.35. The molecule has 2 heterocycles. The summed E-state index contributed by atoms with van der Waals surface area (Å²) < 4.78 is 4.81. The van der Waals surface area contributed by atoms with Crippen LogP contribution in [0.15, 0.2) is 60.8 Å². The quantitative estimate of drug-likeness (QED) is 0.676. The molecule has 0 bridgehead atoms. The third-order valence-corrected chi connectivity index (χ3v) is 3.60. The zero-order valence-electron chi connectivity index (χ0n) is 12.4. The number of rotatable bonds is 3. The summed E-state index contributed by atoms with van der Waals surface area (Å²) >= 11 is 5.92. The molecule has 0 saturated carbocycles. The van der Waals surface area contributed by atoms with Gasteiger partial charge < -0.3 is 4.74 Å². The standard InChI is InChI=1S/C18H13ClN2O2/c1-23-18(22)14-4-3-11-20-17(14)16-6-2-5-15(21-16)12-7-9-13(19)10-8-12/h2-11H,1H3. The maximum Gasteiger partial charge on any atom is 0.340 e. The van der Waals surface area contributed by atoms with Crippen LogP contribution in [-0.2, 0) is 4.74 Å². The molecule has 0 amide bonds. The summed E-state index contributed by atoms with van der Waals surface area (Å²) in [6, 6.07) is 16.4. The molecule has 0 unspecified atom stereocenters. The van der Waals surface area contributed by atoms with Crippen molar-refractivity contribution >= 4 is 17.6 Å². The summed E-state index contributed by atoms with van der Waals surface area (Å²) in [5.41, 5.74) is 3.21. The van der Waals surface area contributed by atoms with Gasteiger partial charge in [-0.1, -0.05) is 29.8 Å². The summed E-state index contributed by atoms with van der Waals surface area (Å²) in [5, 5.41) is 0.669. The van der Waals surface area contributed by atoms with Crippen molar-refractivity contribution in [2.75, 3.05) is 7.11 Å². The van der Waals surface area contributed by atoms with Crippen molar-refractivity contribution in [1.82, 2.24) is 9.97 Å². The van der Waals surface area contributed by atoms with Crippen LogP contribution in [-0.4, -0.2) is 23.0 Å². The average Bonchev–Trinajstić information content (AvgIpc) is 2.62. The molecule has 5 heteroatoms. The van der Waals surface area contributed by atoms with Gasteiger partial charge in [-0.3, -0.25) is 4.98 Å². The van der Waals surface area contributed by atoms with Crippen molar-refractivity contribution in [1.29, 1.82) is 0 Å². The number of nitrogens with zero attached hydrogens (tertiary/aromatic N) is 2. The van der Waals surface area contributed by atoms with Crippen molar-refractivity contribution in [3.63, 3.8) is 0 Å². The summed E-state index contributed by atoms with van der Waals surface area (Å²) in [5.74, 6) is -0.438. The van der Waals surface area contributed by atoms with Crippen LogP contribution in [0.2, 0.25) is 5.02 Å². The van der Waals surface area contributed by atoms with Gasteiger partial charge in [-0.2, -0.15) is 0 Å². The van der Waals surface area contributed by atoms with E-state index in [0.29, 0.717) is 22.0 Å². The van der Waals surface area contributed by atoms with Crippen LogP contribution in [0.25, 0.3) is 22.6 Å². The van der Waals surface area contributed by atoms with Gasteiger partial charge in [0.2, 0.25) is 0 Å². The minimum atomic E-state index is -0.438. The van der Waals surface area contributed by atoms with Crippen molar-refractivity contribution in [2.24, 2.45) is 0 Å². The van der Waals surface area contributed by atoms with Gasteiger partial charge in [0.25, 0.3) is 0 Å². The number of hydrogen-bond donors (Lipinski definition) is 0. The SMILES string of the molecule is COC(=O)c1cccnc1-c1cccc(-c2ccc(Cl)cc2)n1. The Morgan fingerprint density at radius 2 is 1.74 bits per heavy atom. The highest BCUT2D eigenvalue weighted by Gasteiger charge is 2.15. The second kappa shape index (κ2) is 6.58. The van der Waals surface area contributed by atoms with E-state index in [0.717, 1.165) is 11.3 Å². The zero-order valence-corrected chi connectivity index (χ0v) is 13.1. The molecule has 0 aliphatic heterocycles. The molecule has 0 radical (unpaired) electrons. The maximum atomic E-state index is 11.9. The van der Waals surface area contributed by atoms with Gasteiger partial charge in [-0.25, -0.2) is 9.78 Å². The first-order valence-corrected chi connectivity index (χ1v) is 7.33. The molecule has 0 atom stereocenters. The van der Waals surface area contributed by atoms with E-state index < -0.39 is 5.97 Å². The highest BCUT2D eigenvalue weighted by molar-refractivity contribution is 6.30. The number of methoxy groups -OCH3 is 1. The molecule has 0 spiro atoms. The van der Waals surface area contributed by atoms with Gasteiger partial charge in [0, 0.05) is 16.8 Å².